The molecule has 0 spiro atoms. The third-order valence-corrected chi connectivity index (χ3v) is 11.9. The van der Waals surface area contributed by atoms with Crippen molar-refractivity contribution in [1.29, 1.82) is 0 Å². The first-order valence-corrected chi connectivity index (χ1v) is 26.4. The van der Waals surface area contributed by atoms with Crippen LogP contribution in [0.3, 0.4) is 0 Å². The van der Waals surface area contributed by atoms with Gasteiger partial charge in [-0.05, 0) is 60.8 Å². The van der Waals surface area contributed by atoms with Gasteiger partial charge in [0.25, 0.3) is 0 Å². The maximum absolute atomic E-state index is 14.7. The fourth-order valence-corrected chi connectivity index (χ4v) is 7.64. The molecule has 1 unspecified atom stereocenters. The largest absolute Gasteiger partial charge is 0.377 e. The van der Waals surface area contributed by atoms with Crippen LogP contribution in [0.15, 0.2) is 84.9 Å². The number of carbonyl (C=O) groups is 2. The summed E-state index contributed by atoms with van der Waals surface area (Å²) in [5.74, 6) is -1.15. The van der Waals surface area contributed by atoms with Gasteiger partial charge in [0.2, 0.25) is 23.7 Å². The molecule has 2 aliphatic rings. The number of pyridine rings is 2. The van der Waals surface area contributed by atoms with E-state index in [9.17, 15) is 18.4 Å². The van der Waals surface area contributed by atoms with Crippen LogP contribution in [0.2, 0.25) is 0 Å². The Kier molecular flexibility index (Phi) is 29.3. The normalized spacial score (nSPS) is 14.2. The van der Waals surface area contributed by atoms with Gasteiger partial charge in [-0.3, -0.25) is 9.59 Å². The number of ether oxygens (including phenoxy) is 12. The summed E-state index contributed by atoms with van der Waals surface area (Å²) in [7, 11) is 0. The number of hydrogen-bond acceptors (Lipinski definition) is 16. The van der Waals surface area contributed by atoms with Crippen molar-refractivity contribution in [2.24, 2.45) is 0 Å². The number of nitrogens with zero attached hydrogens (tertiary/aromatic N) is 2. The van der Waals surface area contributed by atoms with Crippen molar-refractivity contribution in [2.75, 3.05) is 159 Å². The van der Waals surface area contributed by atoms with Gasteiger partial charge in [0.15, 0.2) is 0 Å². The SMILES string of the molecule is O=C(COCCOCCOCCOCCOCCOCCOCCOCCOCCOCCOCCOCC(=O)N[C@@H](c1ccccc1)c1ccc(C2CC2)c(F)n1)NC(c1ccccc1)c1ccc(C2CC2)c(F)n1. The number of nitrogens with one attached hydrogen (secondary N) is 2. The first-order valence-electron chi connectivity index (χ1n) is 26.4. The summed E-state index contributed by atoms with van der Waals surface area (Å²) < 4.78 is 95.7. The number of benzene rings is 2. The van der Waals surface area contributed by atoms with Gasteiger partial charge in [-0.25, -0.2) is 9.97 Å². The van der Waals surface area contributed by atoms with Crippen LogP contribution >= 0.6 is 0 Å². The molecule has 6 rings (SSSR count). The zero-order valence-corrected chi connectivity index (χ0v) is 43.6. The first kappa shape index (κ1) is 60.3. The second kappa shape index (κ2) is 37.0. The molecule has 2 N–H and O–H groups in total. The summed E-state index contributed by atoms with van der Waals surface area (Å²) in [6, 6.07) is 24.6. The predicted octanol–water partition coefficient (Wildman–Crippen LogP) is 5.82. The van der Waals surface area contributed by atoms with E-state index >= 15 is 0 Å². The lowest BCUT2D eigenvalue weighted by atomic mass is 10.0. The molecule has 2 atom stereocenters. The molecule has 2 aliphatic carbocycles. The van der Waals surface area contributed by atoms with E-state index in [2.05, 4.69) is 20.6 Å². The average Bonchev–Trinajstić information content (AvgIpc) is 4.39. The predicted molar refractivity (Wildman–Crippen MR) is 275 cm³/mol. The highest BCUT2D eigenvalue weighted by Crippen LogP contribution is 2.42. The molecule has 4 aromatic rings. The monoisotopic (exact) mass is 1070 g/mol. The minimum atomic E-state index is -0.601. The highest BCUT2D eigenvalue weighted by Gasteiger charge is 2.30. The molecular weight excluding hydrogens is 991 g/mol. The Bertz CT molecular complexity index is 2050. The van der Waals surface area contributed by atoms with E-state index in [1.165, 1.54) is 0 Å². The third-order valence-electron chi connectivity index (χ3n) is 11.9. The van der Waals surface area contributed by atoms with Gasteiger partial charge in [0.05, 0.1) is 169 Å². The van der Waals surface area contributed by atoms with E-state index in [0.29, 0.717) is 155 Å². The molecule has 0 bridgehead atoms. The van der Waals surface area contributed by atoms with E-state index in [4.69, 9.17) is 56.8 Å². The summed E-state index contributed by atoms with van der Waals surface area (Å²) in [5.41, 5.74) is 3.74. The van der Waals surface area contributed by atoms with Gasteiger partial charge in [0, 0.05) is 11.1 Å². The Balaban J connectivity index is 0.613. The van der Waals surface area contributed by atoms with Crippen LogP contribution in [0.4, 0.5) is 8.78 Å². The summed E-state index contributed by atoms with van der Waals surface area (Å²) in [6.45, 7) is 8.47. The highest BCUT2D eigenvalue weighted by molar-refractivity contribution is 5.78. The van der Waals surface area contributed by atoms with Gasteiger partial charge < -0.3 is 67.5 Å². The standard InChI is InChI=1S/C56H76F2N4O14/c57-55-47(43-11-12-43)15-17-49(59-55)53(45-7-3-1-4-8-45)61-51(63)41-75-39-37-73-35-33-71-31-29-69-27-25-67-23-21-65-19-20-66-22-24-68-26-28-70-30-32-72-34-36-74-38-40-76-42-52(64)62-54(46-9-5-2-6-10-46)50-18-16-48(44-13-14-44)56(58)60-50/h1-10,15-18,43-44,53-54H,11-14,19-42H2,(H,61,63)(H,62,64)/t53-,54?/m0/s1. The molecule has 2 fully saturated rings. The number of rotatable bonds is 45. The minimum Gasteiger partial charge on any atom is -0.377 e. The van der Waals surface area contributed by atoms with Crippen LogP contribution in [-0.2, 0) is 66.4 Å². The van der Waals surface area contributed by atoms with E-state index in [1.54, 1.807) is 24.3 Å². The van der Waals surface area contributed by atoms with Crippen LogP contribution in [0.5, 0.6) is 0 Å². The molecule has 2 aromatic carbocycles. The van der Waals surface area contributed by atoms with E-state index in [0.717, 1.165) is 36.8 Å². The van der Waals surface area contributed by atoms with Crippen molar-refractivity contribution >= 4 is 11.8 Å². The van der Waals surface area contributed by atoms with E-state index < -0.39 is 24.0 Å². The van der Waals surface area contributed by atoms with Crippen molar-refractivity contribution < 1.29 is 75.2 Å². The molecular formula is C56H76F2N4O14. The second-order valence-corrected chi connectivity index (χ2v) is 17.8. The van der Waals surface area contributed by atoms with Crippen molar-refractivity contribution in [3.05, 3.63) is 130 Å². The maximum Gasteiger partial charge on any atom is 0.246 e. The molecule has 0 aliphatic heterocycles. The minimum absolute atomic E-state index is 0.168. The average molecular weight is 1070 g/mol. The number of aromatic nitrogens is 2. The molecule has 2 amide bonds. The Morgan fingerprint density at radius 1 is 0.382 bits per heavy atom. The first-order chi connectivity index (χ1) is 37.5. The van der Waals surface area contributed by atoms with Crippen molar-refractivity contribution in [1.82, 2.24) is 20.6 Å². The molecule has 2 saturated carbocycles. The fourth-order valence-electron chi connectivity index (χ4n) is 7.64. The molecule has 18 nitrogen and oxygen atoms in total. The van der Waals surface area contributed by atoms with Crippen LogP contribution in [0.25, 0.3) is 0 Å². The van der Waals surface area contributed by atoms with Crippen LogP contribution in [0.1, 0.15) is 83.2 Å². The molecule has 76 heavy (non-hydrogen) atoms. The Morgan fingerprint density at radius 3 is 0.868 bits per heavy atom. The van der Waals surface area contributed by atoms with Gasteiger partial charge in [-0.2, -0.15) is 8.78 Å². The number of hydrogen-bond donors (Lipinski definition) is 2. The summed E-state index contributed by atoms with van der Waals surface area (Å²) in [4.78, 5) is 33.9. The zero-order valence-electron chi connectivity index (χ0n) is 43.6. The lowest BCUT2D eigenvalue weighted by molar-refractivity contribution is -0.127. The van der Waals surface area contributed by atoms with Crippen molar-refractivity contribution in [3.8, 4) is 0 Å². The van der Waals surface area contributed by atoms with E-state index in [-0.39, 0.29) is 50.1 Å². The van der Waals surface area contributed by atoms with Crippen molar-refractivity contribution in [3.63, 3.8) is 0 Å². The van der Waals surface area contributed by atoms with Gasteiger partial charge in [-0.1, -0.05) is 72.8 Å². The van der Waals surface area contributed by atoms with Crippen LogP contribution < -0.4 is 10.6 Å². The van der Waals surface area contributed by atoms with Gasteiger partial charge in [-0.15, -0.1) is 0 Å². The van der Waals surface area contributed by atoms with Crippen LogP contribution in [-0.4, -0.2) is 180 Å². The van der Waals surface area contributed by atoms with E-state index in [1.807, 2.05) is 60.7 Å². The van der Waals surface area contributed by atoms with Crippen molar-refractivity contribution in [2.45, 2.75) is 49.6 Å². The lowest BCUT2D eigenvalue weighted by Gasteiger charge is -2.19. The summed E-state index contributed by atoms with van der Waals surface area (Å²) in [6.07, 6.45) is 3.90. The Labute approximate surface area is 445 Å². The number of carbonyl (C=O) groups excluding carboxylic acids is 2. The molecule has 20 heteroatoms. The zero-order chi connectivity index (χ0) is 53.1. The summed E-state index contributed by atoms with van der Waals surface area (Å²) >= 11 is 0. The maximum atomic E-state index is 14.7. The third kappa shape index (κ3) is 24.6. The second-order valence-electron chi connectivity index (χ2n) is 17.8. The molecule has 0 saturated heterocycles. The summed E-state index contributed by atoms with van der Waals surface area (Å²) in [5, 5.41) is 5.85. The molecule has 2 aromatic heterocycles. The Hall–Kier alpha value is -4.94. The smallest absolute Gasteiger partial charge is 0.246 e. The topological polar surface area (TPSA) is 195 Å². The molecule has 418 valence electrons. The van der Waals surface area contributed by atoms with Gasteiger partial charge >= 0.3 is 0 Å². The number of amides is 2. The lowest BCUT2D eigenvalue weighted by Crippen LogP contribution is -2.33. The van der Waals surface area contributed by atoms with Gasteiger partial charge in [0.1, 0.15) is 13.2 Å². The fraction of sp³-hybridized carbons (Fsp3) is 0.571. The van der Waals surface area contributed by atoms with Crippen LogP contribution in [0, 0.1) is 11.9 Å². The molecule has 0 radical (unpaired) electrons. The molecule has 2 heterocycles. The Morgan fingerprint density at radius 2 is 0.632 bits per heavy atom. The highest BCUT2D eigenvalue weighted by atomic mass is 19.1. The number of halogens is 2. The quantitative estimate of drug-likeness (QED) is 0.0397.